The third kappa shape index (κ3) is 3.42. The van der Waals surface area contributed by atoms with E-state index >= 15 is 0 Å². The van der Waals surface area contributed by atoms with Gasteiger partial charge in [-0.05, 0) is 13.3 Å². The van der Waals surface area contributed by atoms with Crippen LogP contribution in [0.15, 0.2) is 6.20 Å². The standard InChI is InChI=1S/C11H16N4O4S/c1-7-9(10(16)17)5-12-11(13-7)15-4-3-8(6-15)14-20(2,18)19/h5,8,14H,3-4,6H2,1-2H3,(H,16,17)/t8-/m1/s1. The molecular weight excluding hydrogens is 284 g/mol. The number of nitrogens with one attached hydrogen (secondary N) is 1. The normalized spacial score (nSPS) is 19.3. The lowest BCUT2D eigenvalue weighted by molar-refractivity contribution is 0.0695. The molecule has 1 saturated heterocycles. The van der Waals surface area contributed by atoms with Crippen LogP contribution in [0.3, 0.4) is 0 Å². The van der Waals surface area contributed by atoms with E-state index in [1.165, 1.54) is 6.20 Å². The summed E-state index contributed by atoms with van der Waals surface area (Å²) in [5, 5.41) is 8.92. The van der Waals surface area contributed by atoms with Gasteiger partial charge in [-0.1, -0.05) is 0 Å². The van der Waals surface area contributed by atoms with Gasteiger partial charge in [0.2, 0.25) is 16.0 Å². The van der Waals surface area contributed by atoms with Crippen molar-refractivity contribution < 1.29 is 18.3 Å². The van der Waals surface area contributed by atoms with E-state index in [9.17, 15) is 13.2 Å². The number of aryl methyl sites for hydroxylation is 1. The maximum Gasteiger partial charge on any atom is 0.339 e. The first-order valence-corrected chi connectivity index (χ1v) is 7.94. The minimum atomic E-state index is -3.23. The highest BCUT2D eigenvalue weighted by atomic mass is 32.2. The zero-order chi connectivity index (χ0) is 14.9. The molecular formula is C11H16N4O4S. The van der Waals surface area contributed by atoms with E-state index < -0.39 is 16.0 Å². The van der Waals surface area contributed by atoms with Gasteiger partial charge in [0.15, 0.2) is 0 Å². The zero-order valence-electron chi connectivity index (χ0n) is 11.2. The number of rotatable bonds is 4. The number of carboxylic acid groups (broad SMARTS) is 1. The van der Waals surface area contributed by atoms with Gasteiger partial charge in [-0.25, -0.2) is 27.9 Å². The van der Waals surface area contributed by atoms with Gasteiger partial charge in [0.05, 0.1) is 17.5 Å². The van der Waals surface area contributed by atoms with Crippen LogP contribution in [0.4, 0.5) is 5.95 Å². The van der Waals surface area contributed by atoms with Crippen molar-refractivity contribution in [2.45, 2.75) is 19.4 Å². The van der Waals surface area contributed by atoms with E-state index in [0.29, 0.717) is 31.2 Å². The molecule has 20 heavy (non-hydrogen) atoms. The Balaban J connectivity index is 2.11. The molecule has 1 fully saturated rings. The fourth-order valence-corrected chi connectivity index (χ4v) is 2.96. The van der Waals surface area contributed by atoms with Crippen molar-refractivity contribution in [3.8, 4) is 0 Å². The average molecular weight is 300 g/mol. The van der Waals surface area contributed by atoms with Crippen molar-refractivity contribution in [2.75, 3.05) is 24.2 Å². The van der Waals surface area contributed by atoms with Gasteiger partial charge in [0.25, 0.3) is 0 Å². The van der Waals surface area contributed by atoms with Crippen molar-refractivity contribution in [1.29, 1.82) is 0 Å². The van der Waals surface area contributed by atoms with Crippen LogP contribution in [0.25, 0.3) is 0 Å². The lowest BCUT2D eigenvalue weighted by Gasteiger charge is -2.17. The van der Waals surface area contributed by atoms with Crippen molar-refractivity contribution in [1.82, 2.24) is 14.7 Å². The molecule has 8 nitrogen and oxygen atoms in total. The second-order valence-corrected chi connectivity index (χ2v) is 6.58. The average Bonchev–Trinajstić information content (AvgIpc) is 2.74. The minimum Gasteiger partial charge on any atom is -0.478 e. The summed E-state index contributed by atoms with van der Waals surface area (Å²) in [4.78, 5) is 20.9. The number of aromatic nitrogens is 2. The molecule has 0 bridgehead atoms. The summed E-state index contributed by atoms with van der Waals surface area (Å²) in [6.45, 7) is 2.70. The van der Waals surface area contributed by atoms with Crippen LogP contribution in [-0.2, 0) is 10.0 Å². The summed E-state index contributed by atoms with van der Waals surface area (Å²) < 4.78 is 24.9. The molecule has 0 spiro atoms. The number of carboxylic acids is 1. The van der Waals surface area contributed by atoms with Gasteiger partial charge in [-0.3, -0.25) is 0 Å². The number of hydrogen-bond acceptors (Lipinski definition) is 6. The maximum absolute atomic E-state index is 11.2. The topological polar surface area (TPSA) is 112 Å². The summed E-state index contributed by atoms with van der Waals surface area (Å²) in [6, 6.07) is -0.173. The van der Waals surface area contributed by atoms with E-state index in [0.717, 1.165) is 6.26 Å². The Labute approximate surface area is 116 Å². The first kappa shape index (κ1) is 14.7. The molecule has 1 aliphatic heterocycles. The smallest absolute Gasteiger partial charge is 0.339 e. The van der Waals surface area contributed by atoms with Crippen LogP contribution in [0, 0.1) is 6.92 Å². The zero-order valence-corrected chi connectivity index (χ0v) is 12.0. The van der Waals surface area contributed by atoms with Crippen LogP contribution in [-0.4, -0.2) is 54.8 Å². The summed E-state index contributed by atoms with van der Waals surface area (Å²) in [5.74, 6) is -0.641. The fraction of sp³-hybridized carbons (Fsp3) is 0.545. The highest BCUT2D eigenvalue weighted by molar-refractivity contribution is 7.88. The van der Waals surface area contributed by atoms with Gasteiger partial charge >= 0.3 is 5.97 Å². The molecule has 0 amide bonds. The first-order chi connectivity index (χ1) is 9.26. The Morgan fingerprint density at radius 3 is 2.80 bits per heavy atom. The Morgan fingerprint density at radius 2 is 2.25 bits per heavy atom. The quantitative estimate of drug-likeness (QED) is 0.778. The molecule has 2 N–H and O–H groups in total. The summed E-state index contributed by atoms with van der Waals surface area (Å²) >= 11 is 0. The second kappa shape index (κ2) is 5.33. The molecule has 0 aromatic carbocycles. The molecule has 1 atom stereocenters. The number of nitrogens with zero attached hydrogens (tertiary/aromatic N) is 3. The first-order valence-electron chi connectivity index (χ1n) is 6.05. The monoisotopic (exact) mass is 300 g/mol. The van der Waals surface area contributed by atoms with E-state index in [1.807, 2.05) is 4.90 Å². The van der Waals surface area contributed by atoms with Crippen LogP contribution < -0.4 is 9.62 Å². The van der Waals surface area contributed by atoms with E-state index in [1.54, 1.807) is 6.92 Å². The summed E-state index contributed by atoms with van der Waals surface area (Å²) in [6.07, 6.45) is 3.06. The third-order valence-electron chi connectivity index (χ3n) is 3.05. The van der Waals surface area contributed by atoms with Crippen LogP contribution in [0.1, 0.15) is 22.5 Å². The second-order valence-electron chi connectivity index (χ2n) is 4.80. The summed E-state index contributed by atoms with van der Waals surface area (Å²) in [5.41, 5.74) is 0.459. The highest BCUT2D eigenvalue weighted by Gasteiger charge is 2.26. The Kier molecular flexibility index (Phi) is 3.91. The summed E-state index contributed by atoms with van der Waals surface area (Å²) in [7, 11) is -3.23. The minimum absolute atomic E-state index is 0.0683. The number of carbonyl (C=O) groups is 1. The maximum atomic E-state index is 11.2. The van der Waals surface area contributed by atoms with Crippen LogP contribution in [0.5, 0.6) is 0 Å². The molecule has 0 saturated carbocycles. The van der Waals surface area contributed by atoms with E-state index in [4.69, 9.17) is 5.11 Å². The predicted octanol–water partition coefficient (Wildman–Crippen LogP) is -0.389. The Bertz CT molecular complexity index is 631. The molecule has 0 unspecified atom stereocenters. The van der Waals surface area contributed by atoms with Gasteiger partial charge in [0.1, 0.15) is 0 Å². The van der Waals surface area contributed by atoms with E-state index in [2.05, 4.69) is 14.7 Å². The molecule has 1 aliphatic rings. The molecule has 2 heterocycles. The molecule has 0 aliphatic carbocycles. The van der Waals surface area contributed by atoms with Crippen molar-refractivity contribution in [3.63, 3.8) is 0 Å². The fourth-order valence-electron chi connectivity index (χ4n) is 2.16. The van der Waals surface area contributed by atoms with Gasteiger partial charge < -0.3 is 10.0 Å². The molecule has 9 heteroatoms. The van der Waals surface area contributed by atoms with Gasteiger partial charge in [-0.15, -0.1) is 0 Å². The van der Waals surface area contributed by atoms with E-state index in [-0.39, 0.29) is 11.6 Å². The van der Waals surface area contributed by atoms with Crippen LogP contribution >= 0.6 is 0 Å². The number of sulfonamides is 1. The van der Waals surface area contributed by atoms with Crippen molar-refractivity contribution >= 4 is 21.9 Å². The molecule has 0 radical (unpaired) electrons. The molecule has 2 rings (SSSR count). The SMILES string of the molecule is Cc1nc(N2CC[C@@H](NS(C)(=O)=O)C2)ncc1C(=O)O. The third-order valence-corrected chi connectivity index (χ3v) is 3.81. The number of anilines is 1. The Hall–Kier alpha value is -1.74. The Morgan fingerprint density at radius 1 is 1.55 bits per heavy atom. The van der Waals surface area contributed by atoms with Gasteiger partial charge in [0, 0.05) is 25.3 Å². The number of aromatic carboxylic acids is 1. The lowest BCUT2D eigenvalue weighted by atomic mass is 10.2. The van der Waals surface area contributed by atoms with Crippen molar-refractivity contribution in [2.24, 2.45) is 0 Å². The molecule has 1 aromatic rings. The largest absolute Gasteiger partial charge is 0.478 e. The highest BCUT2D eigenvalue weighted by Crippen LogP contribution is 2.17. The molecule has 110 valence electrons. The molecule has 1 aromatic heterocycles. The van der Waals surface area contributed by atoms with Gasteiger partial charge in [-0.2, -0.15) is 0 Å². The lowest BCUT2D eigenvalue weighted by Crippen LogP contribution is -2.36. The van der Waals surface area contributed by atoms with Crippen molar-refractivity contribution in [3.05, 3.63) is 17.5 Å². The number of hydrogen-bond donors (Lipinski definition) is 2. The van der Waals surface area contributed by atoms with Crippen LogP contribution in [0.2, 0.25) is 0 Å². The predicted molar refractivity (Wildman–Crippen MR) is 72.3 cm³/mol.